The third-order valence-corrected chi connectivity index (χ3v) is 2.55. The van der Waals surface area contributed by atoms with E-state index < -0.39 is 12.0 Å². The Labute approximate surface area is 129 Å². The molecule has 1 rings (SSSR count). The summed E-state index contributed by atoms with van der Waals surface area (Å²) in [4.78, 5) is 25.6. The van der Waals surface area contributed by atoms with Crippen LogP contribution in [0.25, 0.3) is 0 Å². The lowest BCUT2D eigenvalue weighted by atomic mass is 10.5. The van der Waals surface area contributed by atoms with Crippen LogP contribution in [0, 0.1) is 3.57 Å². The predicted molar refractivity (Wildman–Crippen MR) is 80.1 cm³/mol. The van der Waals surface area contributed by atoms with Crippen molar-refractivity contribution in [3.8, 4) is 5.88 Å². The minimum Gasteiger partial charge on any atom is -0.476 e. The fraction of sp³-hybridized carbons (Fsp3) is 0.250. The molecule has 0 aliphatic rings. The van der Waals surface area contributed by atoms with Crippen LogP contribution in [0.15, 0.2) is 30.5 Å². The number of amides is 2. The number of nitrogens with zero attached hydrogens (tertiary/aromatic N) is 1. The predicted octanol–water partition coefficient (Wildman–Crippen LogP) is 0.833. The zero-order chi connectivity index (χ0) is 14.8. The van der Waals surface area contributed by atoms with Gasteiger partial charge in [0.05, 0.1) is 6.54 Å². The molecule has 1 aromatic rings. The fourth-order valence-electron chi connectivity index (χ4n) is 1.10. The molecule has 0 atom stereocenters. The summed E-state index contributed by atoms with van der Waals surface area (Å²) in [6.07, 6.45) is 3.56. The van der Waals surface area contributed by atoms with E-state index in [9.17, 15) is 9.59 Å². The van der Waals surface area contributed by atoms with E-state index in [1.165, 1.54) is 6.08 Å². The molecule has 0 aliphatic heterocycles. The summed E-state index contributed by atoms with van der Waals surface area (Å²) in [5, 5.41) is 2.49. The van der Waals surface area contributed by atoms with Gasteiger partial charge in [0.2, 0.25) is 11.8 Å². The Morgan fingerprint density at radius 1 is 1.45 bits per heavy atom. The quantitative estimate of drug-likeness (QED) is 0.407. The van der Waals surface area contributed by atoms with Crippen molar-refractivity contribution in [1.29, 1.82) is 0 Å². The van der Waals surface area contributed by atoms with Gasteiger partial charge in [-0.2, -0.15) is 0 Å². The highest BCUT2D eigenvalue weighted by molar-refractivity contribution is 14.1. The Morgan fingerprint density at radius 3 is 2.90 bits per heavy atom. The van der Waals surface area contributed by atoms with E-state index >= 15 is 0 Å². The maximum Gasteiger partial charge on any atom is 0.407 e. The van der Waals surface area contributed by atoms with Gasteiger partial charge in [-0.3, -0.25) is 4.79 Å². The van der Waals surface area contributed by atoms with Crippen molar-refractivity contribution in [3.05, 3.63) is 34.1 Å². The molecule has 0 aliphatic carbocycles. The van der Waals surface area contributed by atoms with Crippen molar-refractivity contribution in [2.75, 3.05) is 19.8 Å². The Morgan fingerprint density at radius 2 is 2.25 bits per heavy atom. The van der Waals surface area contributed by atoms with E-state index in [1.807, 2.05) is 6.07 Å². The average molecular weight is 391 g/mol. The van der Waals surface area contributed by atoms with Crippen LogP contribution in [-0.2, 0) is 9.53 Å². The van der Waals surface area contributed by atoms with Gasteiger partial charge in [0, 0.05) is 21.9 Å². The van der Waals surface area contributed by atoms with Gasteiger partial charge >= 0.3 is 6.09 Å². The molecule has 0 saturated heterocycles. The van der Waals surface area contributed by atoms with Gasteiger partial charge in [-0.15, -0.1) is 0 Å². The first-order valence-corrected chi connectivity index (χ1v) is 6.77. The van der Waals surface area contributed by atoms with E-state index in [1.54, 1.807) is 12.3 Å². The van der Waals surface area contributed by atoms with Crippen LogP contribution in [0.2, 0.25) is 0 Å². The van der Waals surface area contributed by atoms with E-state index in [0.29, 0.717) is 5.88 Å². The molecule has 0 spiro atoms. The second kappa shape index (κ2) is 9.13. The highest BCUT2D eigenvalue weighted by Gasteiger charge is 2.00. The van der Waals surface area contributed by atoms with Gasteiger partial charge in [-0.25, -0.2) is 9.78 Å². The molecular formula is C12H14IN3O4. The molecule has 108 valence electrons. The second-order valence-corrected chi connectivity index (χ2v) is 4.74. The van der Waals surface area contributed by atoms with E-state index in [4.69, 9.17) is 15.2 Å². The first-order valence-electron chi connectivity index (χ1n) is 5.69. The monoisotopic (exact) mass is 391 g/mol. The Kier molecular flexibility index (Phi) is 7.40. The molecule has 0 radical (unpaired) electrons. The van der Waals surface area contributed by atoms with Gasteiger partial charge < -0.3 is 20.5 Å². The molecule has 8 heteroatoms. The van der Waals surface area contributed by atoms with Gasteiger partial charge in [0.1, 0.15) is 13.2 Å². The third-order valence-electron chi connectivity index (χ3n) is 1.91. The minimum absolute atomic E-state index is 0.0195. The molecule has 0 saturated carbocycles. The number of primary amides is 1. The number of rotatable bonds is 7. The number of hydrogen-bond donors (Lipinski definition) is 2. The van der Waals surface area contributed by atoms with Crippen LogP contribution in [0.1, 0.15) is 0 Å². The molecule has 0 unspecified atom stereocenters. The molecule has 0 fully saturated rings. The summed E-state index contributed by atoms with van der Waals surface area (Å²) >= 11 is 2.14. The number of aromatic nitrogens is 1. The van der Waals surface area contributed by atoms with Crippen molar-refractivity contribution >= 4 is 34.6 Å². The maximum absolute atomic E-state index is 11.2. The van der Waals surface area contributed by atoms with E-state index in [2.05, 4.69) is 32.9 Å². The highest BCUT2D eigenvalue weighted by atomic mass is 127. The van der Waals surface area contributed by atoms with Gasteiger partial charge in [-0.1, -0.05) is 0 Å². The summed E-state index contributed by atoms with van der Waals surface area (Å²) in [5.74, 6) is -0.0996. The number of nitrogens with two attached hydrogens (primary N) is 1. The number of nitrogens with one attached hydrogen (secondary N) is 1. The molecule has 3 N–H and O–H groups in total. The topological polar surface area (TPSA) is 104 Å². The summed E-state index contributed by atoms with van der Waals surface area (Å²) in [6.45, 7) is 0.542. The summed E-state index contributed by atoms with van der Waals surface area (Å²) in [6, 6.07) is 3.62. The third kappa shape index (κ3) is 7.56. The van der Waals surface area contributed by atoms with Crippen molar-refractivity contribution in [2.45, 2.75) is 0 Å². The minimum atomic E-state index is -0.599. The number of hydrogen-bond acceptors (Lipinski definition) is 5. The Hall–Kier alpha value is -1.84. The van der Waals surface area contributed by atoms with Gasteiger partial charge in [0.15, 0.2) is 0 Å². The van der Waals surface area contributed by atoms with Crippen LogP contribution in [0.3, 0.4) is 0 Å². The largest absolute Gasteiger partial charge is 0.476 e. The van der Waals surface area contributed by atoms with Crippen LogP contribution in [-0.4, -0.2) is 36.7 Å². The number of pyridine rings is 1. The normalized spacial score (nSPS) is 10.2. The molecule has 0 aromatic carbocycles. The molecule has 1 aromatic heterocycles. The van der Waals surface area contributed by atoms with Crippen molar-refractivity contribution in [1.82, 2.24) is 10.3 Å². The zero-order valence-electron chi connectivity index (χ0n) is 10.5. The van der Waals surface area contributed by atoms with Crippen LogP contribution in [0.5, 0.6) is 5.88 Å². The molecule has 1 heterocycles. The SMILES string of the molecule is NC(=O)/C=C/COC(=O)NCCOc1ccc(I)cn1. The lowest BCUT2D eigenvalue weighted by Gasteiger charge is -2.06. The molecule has 20 heavy (non-hydrogen) atoms. The zero-order valence-corrected chi connectivity index (χ0v) is 12.7. The standard InChI is InChI=1S/C12H14IN3O4/c13-9-3-4-11(16-8-9)19-7-5-15-12(18)20-6-1-2-10(14)17/h1-4,8H,5-7H2,(H2,14,17)(H,15,18)/b2-1+. The number of carbonyl (C=O) groups is 2. The van der Waals surface area contributed by atoms with Gasteiger partial charge in [-0.05, 0) is 34.7 Å². The lowest BCUT2D eigenvalue weighted by Crippen LogP contribution is -2.28. The fourth-order valence-corrected chi connectivity index (χ4v) is 1.41. The molecule has 2 amide bonds. The number of carbonyl (C=O) groups excluding carboxylic acids is 2. The molecule has 7 nitrogen and oxygen atoms in total. The van der Waals surface area contributed by atoms with Gasteiger partial charge in [0.25, 0.3) is 0 Å². The van der Waals surface area contributed by atoms with E-state index in [0.717, 1.165) is 9.65 Å². The van der Waals surface area contributed by atoms with Crippen molar-refractivity contribution in [3.63, 3.8) is 0 Å². The van der Waals surface area contributed by atoms with Crippen LogP contribution in [0.4, 0.5) is 4.79 Å². The Balaban J connectivity index is 2.10. The van der Waals surface area contributed by atoms with Crippen LogP contribution >= 0.6 is 22.6 Å². The lowest BCUT2D eigenvalue weighted by molar-refractivity contribution is -0.113. The summed E-state index contributed by atoms with van der Waals surface area (Å²) < 4.78 is 11.1. The number of ether oxygens (including phenoxy) is 2. The molecular weight excluding hydrogens is 377 g/mol. The average Bonchev–Trinajstić information content (AvgIpc) is 2.41. The van der Waals surface area contributed by atoms with Crippen molar-refractivity contribution in [2.24, 2.45) is 5.73 Å². The second-order valence-electron chi connectivity index (χ2n) is 3.49. The number of alkyl carbamates (subject to hydrolysis) is 1. The van der Waals surface area contributed by atoms with Crippen molar-refractivity contribution < 1.29 is 19.1 Å². The summed E-state index contributed by atoms with van der Waals surface area (Å²) in [5.41, 5.74) is 4.87. The van der Waals surface area contributed by atoms with E-state index in [-0.39, 0.29) is 19.8 Å². The summed E-state index contributed by atoms with van der Waals surface area (Å²) in [7, 11) is 0. The van der Waals surface area contributed by atoms with Crippen LogP contribution < -0.4 is 15.8 Å². The number of halogens is 1. The highest BCUT2D eigenvalue weighted by Crippen LogP contribution is 2.08. The first-order chi connectivity index (χ1) is 9.58. The first kappa shape index (κ1) is 16.2. The maximum atomic E-state index is 11.2. The molecule has 0 bridgehead atoms. The Bertz CT molecular complexity index is 476. The smallest absolute Gasteiger partial charge is 0.407 e.